The van der Waals surface area contributed by atoms with Gasteiger partial charge in [-0.15, -0.1) is 13.2 Å². The maximum Gasteiger partial charge on any atom is 0.573 e. The molecule has 0 unspecified atom stereocenters. The molecule has 0 aliphatic carbocycles. The molecule has 4 N–H and O–H groups in total. The number of alkyl halides is 3. The smallest absolute Gasteiger partial charge is 0.481 e. The van der Waals surface area contributed by atoms with Gasteiger partial charge in [-0.25, -0.2) is 41.2 Å². The summed E-state index contributed by atoms with van der Waals surface area (Å²) in [5.41, 5.74) is 15.5. The van der Waals surface area contributed by atoms with E-state index < -0.39 is 32.6 Å². The number of methoxy groups -OCH3 is 4. The standard InChI is InChI=1S/C24H21F3N2O5S.C23H21FN2O4S.C23H19N3O2.C17H15N3O2/c1-33-22-9-6-16(12-28-22)23-19-11-18(35(2,31)32)7-8-20(19)29(21(23)14-30)13-15-4-3-5-17(10-15)34-24(25,26)27;1-30-22-9-6-16(12-25-22)23-19-11-18(31(2,28)29)7-8-20(19)26(21(23)14-27)13-15-4-3-5-17(24)10-15;1-28-22-10-8-18(13-25-22)23-19-11-17(12-24)7-9-20(19)26(21(23)15-27)14-16-5-3-2-4-6-16;1-20-14-5-3-11(8-18)7-13(14)17(15(20)10-21)12-4-6-16(22-2)19-9-12/h3-12,30H,13-14H2,1-2H3;3-12,27H,13-14H2,1-2H3;2-11,13,27H,14-15H2,1H3;3-7,9,21H,10H2,1-2H3. The molecule has 0 amide bonds. The normalized spacial score (nSPS) is 11.4. The van der Waals surface area contributed by atoms with Crippen molar-refractivity contribution in [2.75, 3.05) is 41.0 Å². The van der Waals surface area contributed by atoms with Crippen LogP contribution in [-0.4, -0.2) is 123 Å². The highest BCUT2D eigenvalue weighted by molar-refractivity contribution is 7.91. The van der Waals surface area contributed by atoms with E-state index in [1.165, 1.54) is 62.8 Å². The second kappa shape index (κ2) is 35.4. The lowest BCUT2D eigenvalue weighted by Crippen LogP contribution is -2.17. The molecular formula is C87H76F4N10O13S2. The minimum Gasteiger partial charge on any atom is -0.481 e. The molecule has 0 atom stereocenters. The minimum atomic E-state index is -4.83. The fourth-order valence-corrected chi connectivity index (χ4v) is 15.3. The van der Waals surface area contributed by atoms with Crippen molar-refractivity contribution in [1.29, 1.82) is 10.5 Å². The number of sulfone groups is 2. The third kappa shape index (κ3) is 18.0. The number of aliphatic hydroxyl groups is 4. The monoisotopic (exact) mass is 1610 g/mol. The van der Waals surface area contributed by atoms with Gasteiger partial charge in [0.2, 0.25) is 23.5 Å². The van der Waals surface area contributed by atoms with Crippen molar-refractivity contribution in [3.05, 3.63) is 281 Å². The molecule has 0 saturated heterocycles. The SMILES string of the molecule is COc1ccc(-c2c(CO)n(C)c3ccc(C#N)cc23)cn1.COc1ccc(-c2c(CO)n(Cc3cccc(F)c3)c3ccc(S(C)(=O)=O)cc23)cn1.COc1ccc(-c2c(CO)n(Cc3cccc(OC(F)(F)F)c3)c3ccc(S(C)(=O)=O)cc23)cn1.COc1ccc(-c2c(CO)n(Cc3ccccc3)c3ccc(C#N)cc23)cn1. The molecule has 0 saturated carbocycles. The zero-order chi connectivity index (χ0) is 82.8. The van der Waals surface area contributed by atoms with Gasteiger partial charge >= 0.3 is 6.36 Å². The van der Waals surface area contributed by atoms with E-state index in [4.69, 9.17) is 24.2 Å². The van der Waals surface area contributed by atoms with Crippen LogP contribution in [0.2, 0.25) is 0 Å². The van der Waals surface area contributed by atoms with Crippen LogP contribution in [-0.2, 0) is 72.8 Å². The van der Waals surface area contributed by atoms with Gasteiger partial charge in [0.15, 0.2) is 19.7 Å². The van der Waals surface area contributed by atoms with Gasteiger partial charge in [-0.1, -0.05) is 54.6 Å². The molecule has 0 fully saturated rings. The summed E-state index contributed by atoms with van der Waals surface area (Å²) in [6.45, 7) is 0.125. The quantitative estimate of drug-likeness (QED) is 0.0486. The summed E-state index contributed by atoms with van der Waals surface area (Å²) in [5, 5.41) is 62.1. The minimum absolute atomic E-state index is 0.0889. The number of ether oxygens (including phenoxy) is 5. The topological polar surface area (TPSA) is 314 Å². The lowest BCUT2D eigenvalue weighted by Gasteiger charge is -2.13. The second-order valence-corrected chi connectivity index (χ2v) is 30.5. The number of benzene rings is 7. The fourth-order valence-electron chi connectivity index (χ4n) is 14.0. The van der Waals surface area contributed by atoms with Crippen LogP contribution >= 0.6 is 0 Å². The first kappa shape index (κ1) is 82.2. The Morgan fingerprint density at radius 3 is 1.10 bits per heavy atom. The summed E-state index contributed by atoms with van der Waals surface area (Å²) < 4.78 is 133. The van der Waals surface area contributed by atoms with Crippen molar-refractivity contribution in [3.63, 3.8) is 0 Å². The Morgan fingerprint density at radius 1 is 0.405 bits per heavy atom. The van der Waals surface area contributed by atoms with E-state index in [-0.39, 0.29) is 47.7 Å². The zero-order valence-corrected chi connectivity index (χ0v) is 65.2. The van der Waals surface area contributed by atoms with Crippen LogP contribution in [0.3, 0.4) is 0 Å². The number of nitriles is 2. The Morgan fingerprint density at radius 2 is 0.750 bits per heavy atom. The summed E-state index contributed by atoms with van der Waals surface area (Å²) in [7, 11) is 1.08. The molecule has 23 nitrogen and oxygen atoms in total. The number of halogens is 4. The van der Waals surface area contributed by atoms with E-state index in [0.29, 0.717) is 103 Å². The number of pyridine rings is 4. The van der Waals surface area contributed by atoms with Crippen LogP contribution < -0.4 is 23.7 Å². The van der Waals surface area contributed by atoms with Crippen molar-refractivity contribution in [3.8, 4) is 85.9 Å². The largest absolute Gasteiger partial charge is 0.573 e. The third-order valence-corrected chi connectivity index (χ3v) is 21.5. The molecule has 15 rings (SSSR count). The molecular weight excluding hydrogens is 1530 g/mol. The first-order chi connectivity index (χ1) is 55.7. The van der Waals surface area contributed by atoms with Crippen LogP contribution in [0, 0.1) is 28.5 Å². The lowest BCUT2D eigenvalue weighted by atomic mass is 10.0. The fraction of sp³-hybridized carbons (Fsp3) is 0.172. The van der Waals surface area contributed by atoms with E-state index in [2.05, 4.69) is 53.5 Å². The molecule has 592 valence electrons. The molecule has 7 aromatic carbocycles. The Hall–Kier alpha value is -13.3. The average Bonchev–Trinajstić information content (AvgIpc) is 1.60. The van der Waals surface area contributed by atoms with E-state index in [1.54, 1.807) is 129 Å². The number of fused-ring (bicyclic) bond motifs is 4. The molecule has 29 heteroatoms. The Bertz CT molecular complexity index is 6420. The number of aromatic nitrogens is 8. The molecule has 0 aliphatic heterocycles. The second-order valence-electron chi connectivity index (χ2n) is 26.5. The van der Waals surface area contributed by atoms with Crippen molar-refractivity contribution >= 4 is 63.3 Å². The molecule has 116 heavy (non-hydrogen) atoms. The van der Waals surface area contributed by atoms with Crippen LogP contribution in [0.1, 0.15) is 50.6 Å². The maximum atomic E-state index is 13.7. The highest BCUT2D eigenvalue weighted by Crippen LogP contribution is 2.42. The molecule has 0 bridgehead atoms. The first-order valence-electron chi connectivity index (χ1n) is 35.6. The van der Waals surface area contributed by atoms with Crippen molar-refractivity contribution in [2.24, 2.45) is 7.05 Å². The van der Waals surface area contributed by atoms with Crippen LogP contribution in [0.15, 0.2) is 235 Å². The van der Waals surface area contributed by atoms with Gasteiger partial charge in [-0.3, -0.25) is 0 Å². The summed E-state index contributed by atoms with van der Waals surface area (Å²) in [6, 6.07) is 61.1. The van der Waals surface area contributed by atoms with Gasteiger partial charge in [0.05, 0.1) is 111 Å². The third-order valence-electron chi connectivity index (χ3n) is 19.3. The first-order valence-corrected chi connectivity index (χ1v) is 39.4. The highest BCUT2D eigenvalue weighted by Gasteiger charge is 2.32. The highest BCUT2D eigenvalue weighted by atomic mass is 32.2. The summed E-state index contributed by atoms with van der Waals surface area (Å²) in [5.74, 6) is 1.16. The van der Waals surface area contributed by atoms with Crippen molar-refractivity contribution in [1.82, 2.24) is 38.2 Å². The predicted molar refractivity (Wildman–Crippen MR) is 430 cm³/mol. The molecule has 8 aromatic heterocycles. The summed E-state index contributed by atoms with van der Waals surface area (Å²) >= 11 is 0. The number of hydrogen-bond acceptors (Lipinski definition) is 19. The number of aryl methyl sites for hydroxylation is 1. The van der Waals surface area contributed by atoms with Crippen LogP contribution in [0.25, 0.3) is 88.1 Å². The lowest BCUT2D eigenvalue weighted by molar-refractivity contribution is -0.274. The van der Waals surface area contributed by atoms with Gasteiger partial charge < -0.3 is 62.4 Å². The van der Waals surface area contributed by atoms with Crippen molar-refractivity contribution in [2.45, 2.75) is 62.2 Å². The van der Waals surface area contributed by atoms with E-state index in [9.17, 15) is 60.1 Å². The number of nitrogens with zero attached hydrogens (tertiary/aromatic N) is 10. The number of hydrogen-bond donors (Lipinski definition) is 4. The molecule has 15 aromatic rings. The van der Waals surface area contributed by atoms with Gasteiger partial charge in [-0.2, -0.15) is 10.5 Å². The van der Waals surface area contributed by atoms with E-state index in [1.807, 2.05) is 70.8 Å². The summed E-state index contributed by atoms with van der Waals surface area (Å²) in [6.07, 6.45) is 4.03. The molecule has 8 heterocycles. The summed E-state index contributed by atoms with van der Waals surface area (Å²) in [4.78, 5) is 17.3. The van der Waals surface area contributed by atoms with Gasteiger partial charge in [0, 0.05) is 176 Å². The van der Waals surface area contributed by atoms with Gasteiger partial charge in [-0.05, 0) is 138 Å². The maximum absolute atomic E-state index is 13.7. The Labute approximate surface area is 664 Å². The number of rotatable bonds is 21. The number of aliphatic hydroxyl groups excluding tert-OH is 4. The zero-order valence-electron chi connectivity index (χ0n) is 63.6. The molecule has 0 radical (unpaired) electrons. The molecule has 0 aliphatic rings. The van der Waals surface area contributed by atoms with Gasteiger partial charge in [0.1, 0.15) is 11.6 Å². The Balaban J connectivity index is 0.000000144. The van der Waals surface area contributed by atoms with Crippen molar-refractivity contribution < 1.29 is 78.5 Å². The van der Waals surface area contributed by atoms with E-state index in [0.717, 1.165) is 84.6 Å². The predicted octanol–water partition coefficient (Wildman–Crippen LogP) is 15.1. The Kier molecular flexibility index (Phi) is 25.1. The molecule has 0 spiro atoms. The van der Waals surface area contributed by atoms with E-state index >= 15 is 0 Å². The van der Waals surface area contributed by atoms with Gasteiger partial charge in [0.25, 0.3) is 0 Å². The average molecular weight is 1610 g/mol. The van der Waals surface area contributed by atoms with Crippen LogP contribution in [0.4, 0.5) is 17.6 Å². The van der Waals surface area contributed by atoms with Crippen LogP contribution in [0.5, 0.6) is 29.3 Å².